The van der Waals surface area contributed by atoms with E-state index in [1.165, 1.54) is 0 Å². The van der Waals surface area contributed by atoms with Crippen LogP contribution in [-0.2, 0) is 4.79 Å². The highest BCUT2D eigenvalue weighted by Gasteiger charge is 1.87. The highest BCUT2D eigenvalue weighted by Crippen LogP contribution is 1.75. The van der Waals surface area contributed by atoms with Crippen LogP contribution in [0, 0.1) is 0 Å². The molecule has 0 fully saturated rings. The zero-order chi connectivity index (χ0) is 5.70. The van der Waals surface area contributed by atoms with Gasteiger partial charge < -0.3 is 11.1 Å². The number of nitrogens with zero attached hydrogens (tertiary/aromatic N) is 1. The van der Waals surface area contributed by atoms with Crippen LogP contribution >= 0.6 is 0 Å². The lowest BCUT2D eigenvalue weighted by Crippen LogP contribution is -2.19. The van der Waals surface area contributed by atoms with Crippen molar-refractivity contribution in [2.45, 2.75) is 13.8 Å². The summed E-state index contributed by atoms with van der Waals surface area (Å²) >= 11 is 0. The Morgan fingerprint density at radius 2 is 1.75 bits per heavy atom. The SMILES string of the molecule is CCN(C=O)CC.N. The van der Waals surface area contributed by atoms with Gasteiger partial charge in [-0.1, -0.05) is 0 Å². The second-order valence-electron chi connectivity index (χ2n) is 1.33. The molecule has 1 amide bonds. The maximum Gasteiger partial charge on any atom is 0.209 e. The summed E-state index contributed by atoms with van der Waals surface area (Å²) in [6.45, 7) is 5.55. The number of hydrogen-bond acceptors (Lipinski definition) is 2. The average Bonchev–Trinajstić information content (AvgIpc) is 1.72. The molecular formula is C5H14N2O. The van der Waals surface area contributed by atoms with E-state index in [0.29, 0.717) is 0 Å². The third-order valence-corrected chi connectivity index (χ3v) is 0.961. The van der Waals surface area contributed by atoms with E-state index in [0.717, 1.165) is 19.5 Å². The van der Waals surface area contributed by atoms with E-state index < -0.39 is 0 Å². The number of amides is 1. The summed E-state index contributed by atoms with van der Waals surface area (Å²) in [5.41, 5.74) is 0. The van der Waals surface area contributed by atoms with Gasteiger partial charge in [0.05, 0.1) is 0 Å². The van der Waals surface area contributed by atoms with Crippen molar-refractivity contribution in [3.63, 3.8) is 0 Å². The molecule has 0 radical (unpaired) electrons. The second kappa shape index (κ2) is 6.43. The molecule has 0 heterocycles. The summed E-state index contributed by atoms with van der Waals surface area (Å²) in [6.07, 6.45) is 0.861. The van der Waals surface area contributed by atoms with Crippen LogP contribution in [0.4, 0.5) is 0 Å². The summed E-state index contributed by atoms with van der Waals surface area (Å²) in [5.74, 6) is 0. The van der Waals surface area contributed by atoms with Crippen molar-refractivity contribution >= 4 is 6.41 Å². The molecule has 3 heteroatoms. The normalized spacial score (nSPS) is 7.25. The molecule has 0 spiro atoms. The lowest BCUT2D eigenvalue weighted by Gasteiger charge is -2.08. The average molecular weight is 118 g/mol. The van der Waals surface area contributed by atoms with Gasteiger partial charge in [0.25, 0.3) is 0 Å². The fourth-order valence-corrected chi connectivity index (χ4v) is 0.373. The summed E-state index contributed by atoms with van der Waals surface area (Å²) in [6, 6.07) is 0. The summed E-state index contributed by atoms with van der Waals surface area (Å²) in [5, 5.41) is 0. The zero-order valence-corrected chi connectivity index (χ0v) is 5.55. The predicted molar refractivity (Wildman–Crippen MR) is 34.0 cm³/mol. The highest BCUT2D eigenvalue weighted by atomic mass is 16.1. The molecule has 0 aromatic heterocycles. The van der Waals surface area contributed by atoms with Gasteiger partial charge in [-0.2, -0.15) is 0 Å². The summed E-state index contributed by atoms with van der Waals surface area (Å²) < 4.78 is 0. The number of carbonyl (C=O) groups excluding carboxylic acids is 1. The monoisotopic (exact) mass is 118 g/mol. The standard InChI is InChI=1S/C5H11NO.H3N/c1-3-6(4-2)5-7;/h5H,3-4H2,1-2H3;1H3. The molecule has 8 heavy (non-hydrogen) atoms. The van der Waals surface area contributed by atoms with Gasteiger partial charge >= 0.3 is 0 Å². The molecule has 0 unspecified atom stereocenters. The molecule has 0 aliphatic rings. The Hall–Kier alpha value is -0.570. The van der Waals surface area contributed by atoms with Crippen molar-refractivity contribution in [1.29, 1.82) is 0 Å². The largest absolute Gasteiger partial charge is 0.346 e. The van der Waals surface area contributed by atoms with Gasteiger partial charge in [-0.3, -0.25) is 4.79 Å². The molecule has 50 valence electrons. The Bertz CT molecular complexity index is 52.4. The van der Waals surface area contributed by atoms with E-state index in [2.05, 4.69) is 0 Å². The van der Waals surface area contributed by atoms with Crippen LogP contribution in [0.1, 0.15) is 13.8 Å². The van der Waals surface area contributed by atoms with Crippen LogP contribution < -0.4 is 6.15 Å². The van der Waals surface area contributed by atoms with E-state index in [9.17, 15) is 4.79 Å². The topological polar surface area (TPSA) is 55.3 Å². The first kappa shape index (κ1) is 10.4. The van der Waals surface area contributed by atoms with Crippen molar-refractivity contribution in [2.75, 3.05) is 13.1 Å². The minimum absolute atomic E-state index is 0. The van der Waals surface area contributed by atoms with Crippen molar-refractivity contribution < 1.29 is 4.79 Å². The van der Waals surface area contributed by atoms with Crippen LogP contribution in [0.5, 0.6) is 0 Å². The van der Waals surface area contributed by atoms with E-state index >= 15 is 0 Å². The molecule has 0 aromatic carbocycles. The van der Waals surface area contributed by atoms with Gasteiger partial charge in [-0.05, 0) is 13.8 Å². The van der Waals surface area contributed by atoms with E-state index in [-0.39, 0.29) is 6.15 Å². The van der Waals surface area contributed by atoms with Gasteiger partial charge in [-0.15, -0.1) is 0 Å². The fraction of sp³-hybridized carbons (Fsp3) is 0.800. The molecule has 0 saturated carbocycles. The summed E-state index contributed by atoms with van der Waals surface area (Å²) in [7, 11) is 0. The van der Waals surface area contributed by atoms with Crippen LogP contribution in [0.2, 0.25) is 0 Å². The van der Waals surface area contributed by atoms with Gasteiger partial charge in [-0.25, -0.2) is 0 Å². The molecule has 3 nitrogen and oxygen atoms in total. The first-order valence-corrected chi connectivity index (χ1v) is 2.54. The van der Waals surface area contributed by atoms with Crippen molar-refractivity contribution in [3.8, 4) is 0 Å². The Morgan fingerprint density at radius 1 is 1.38 bits per heavy atom. The van der Waals surface area contributed by atoms with Gasteiger partial charge in [0.15, 0.2) is 0 Å². The van der Waals surface area contributed by atoms with Crippen molar-refractivity contribution in [3.05, 3.63) is 0 Å². The molecule has 0 rings (SSSR count). The minimum atomic E-state index is 0. The molecule has 3 N–H and O–H groups in total. The third-order valence-electron chi connectivity index (χ3n) is 0.961. The van der Waals surface area contributed by atoms with Crippen LogP contribution in [0.15, 0.2) is 0 Å². The second-order valence-corrected chi connectivity index (χ2v) is 1.33. The molecule has 0 atom stereocenters. The van der Waals surface area contributed by atoms with E-state index in [1.54, 1.807) is 4.90 Å². The van der Waals surface area contributed by atoms with Crippen LogP contribution in [-0.4, -0.2) is 24.4 Å². The first-order valence-electron chi connectivity index (χ1n) is 2.54. The highest BCUT2D eigenvalue weighted by molar-refractivity contribution is 5.46. The number of rotatable bonds is 3. The maximum absolute atomic E-state index is 9.89. The maximum atomic E-state index is 9.89. The van der Waals surface area contributed by atoms with Crippen molar-refractivity contribution in [1.82, 2.24) is 11.1 Å². The first-order chi connectivity index (χ1) is 3.35. The van der Waals surface area contributed by atoms with Gasteiger partial charge in [0.2, 0.25) is 6.41 Å². The van der Waals surface area contributed by atoms with E-state index in [4.69, 9.17) is 0 Å². The zero-order valence-electron chi connectivity index (χ0n) is 5.55. The van der Waals surface area contributed by atoms with Crippen LogP contribution in [0.25, 0.3) is 0 Å². The number of carbonyl (C=O) groups is 1. The third kappa shape index (κ3) is 3.61. The Balaban J connectivity index is 0. The van der Waals surface area contributed by atoms with Gasteiger partial charge in [0.1, 0.15) is 0 Å². The smallest absolute Gasteiger partial charge is 0.209 e. The van der Waals surface area contributed by atoms with Crippen LogP contribution in [0.3, 0.4) is 0 Å². The Morgan fingerprint density at radius 3 is 1.75 bits per heavy atom. The quantitative estimate of drug-likeness (QED) is 0.553. The van der Waals surface area contributed by atoms with Crippen molar-refractivity contribution in [2.24, 2.45) is 0 Å². The Kier molecular flexibility index (Phi) is 8.37. The summed E-state index contributed by atoms with van der Waals surface area (Å²) in [4.78, 5) is 11.6. The predicted octanol–water partition coefficient (Wildman–Crippen LogP) is 0.647. The lowest BCUT2D eigenvalue weighted by atomic mass is 10.6. The number of hydrogen-bond donors (Lipinski definition) is 1. The van der Waals surface area contributed by atoms with E-state index in [1.807, 2.05) is 13.8 Å². The Labute approximate surface area is 50.3 Å². The van der Waals surface area contributed by atoms with Gasteiger partial charge in [0, 0.05) is 13.1 Å². The lowest BCUT2D eigenvalue weighted by molar-refractivity contribution is -0.117. The molecule has 0 saturated heterocycles. The molecule has 0 aliphatic heterocycles. The molecule has 0 aromatic rings. The molecular weight excluding hydrogens is 104 g/mol. The fourth-order valence-electron chi connectivity index (χ4n) is 0.373. The minimum Gasteiger partial charge on any atom is -0.346 e. The molecule has 0 bridgehead atoms. The molecule has 0 aliphatic carbocycles.